The average molecular weight is 365 g/mol. The fourth-order valence-electron chi connectivity index (χ4n) is 2.72. The first-order chi connectivity index (χ1) is 13.3. The van der Waals surface area contributed by atoms with Crippen molar-refractivity contribution in [1.82, 2.24) is 15.0 Å². The molecule has 3 aromatic rings. The number of rotatable bonds is 9. The van der Waals surface area contributed by atoms with Crippen molar-refractivity contribution in [3.8, 4) is 17.0 Å². The van der Waals surface area contributed by atoms with Gasteiger partial charge < -0.3 is 20.5 Å². The summed E-state index contributed by atoms with van der Waals surface area (Å²) >= 11 is 0. The Kier molecular flexibility index (Phi) is 6.54. The van der Waals surface area contributed by atoms with Gasteiger partial charge in [-0.05, 0) is 30.2 Å². The molecule has 0 aliphatic rings. The summed E-state index contributed by atoms with van der Waals surface area (Å²) in [5, 5.41) is 15.3. The standard InChI is InChI=1S/C20H23N5O2/c1-27-18-5-3-2-4-15(18)6-8-22-20-13-17(24-14-25-20)16-7-9-21-19(12-16)23-10-11-26/h2-5,7,9,12-14,26H,6,8,10-11H2,1H3,(H,21,23)(H,22,24,25). The summed E-state index contributed by atoms with van der Waals surface area (Å²) < 4.78 is 5.38. The molecule has 0 saturated heterocycles. The Bertz CT molecular complexity index is 872. The molecule has 0 radical (unpaired) electrons. The highest BCUT2D eigenvalue weighted by atomic mass is 16.5. The molecule has 0 bridgehead atoms. The van der Waals surface area contributed by atoms with Crippen molar-refractivity contribution in [3.05, 3.63) is 60.6 Å². The average Bonchev–Trinajstić information content (AvgIpc) is 2.73. The van der Waals surface area contributed by atoms with Crippen LogP contribution in [0.2, 0.25) is 0 Å². The normalized spacial score (nSPS) is 10.4. The molecule has 0 aliphatic heterocycles. The molecule has 7 heteroatoms. The van der Waals surface area contributed by atoms with Crippen molar-refractivity contribution in [2.45, 2.75) is 6.42 Å². The number of hydrogen-bond donors (Lipinski definition) is 3. The zero-order chi connectivity index (χ0) is 18.9. The zero-order valence-corrected chi connectivity index (χ0v) is 15.2. The van der Waals surface area contributed by atoms with Crippen LogP contribution in [-0.4, -0.2) is 46.9 Å². The van der Waals surface area contributed by atoms with E-state index in [1.807, 2.05) is 36.4 Å². The first kappa shape index (κ1) is 18.6. The lowest BCUT2D eigenvalue weighted by Gasteiger charge is -2.10. The van der Waals surface area contributed by atoms with Gasteiger partial charge in [0.1, 0.15) is 23.7 Å². The Hall–Kier alpha value is -3.19. The van der Waals surface area contributed by atoms with Crippen molar-refractivity contribution in [3.63, 3.8) is 0 Å². The largest absolute Gasteiger partial charge is 0.496 e. The van der Waals surface area contributed by atoms with Crippen LogP contribution >= 0.6 is 0 Å². The number of methoxy groups -OCH3 is 1. The van der Waals surface area contributed by atoms with E-state index < -0.39 is 0 Å². The number of ether oxygens (including phenoxy) is 1. The van der Waals surface area contributed by atoms with Crippen molar-refractivity contribution < 1.29 is 9.84 Å². The van der Waals surface area contributed by atoms with E-state index in [1.165, 1.54) is 0 Å². The number of para-hydroxylation sites is 1. The van der Waals surface area contributed by atoms with Crippen LogP contribution in [0.25, 0.3) is 11.3 Å². The number of anilines is 2. The van der Waals surface area contributed by atoms with Crippen LogP contribution in [0, 0.1) is 0 Å². The van der Waals surface area contributed by atoms with Crippen LogP contribution in [0.5, 0.6) is 5.75 Å². The molecule has 0 spiro atoms. The fourth-order valence-corrected chi connectivity index (χ4v) is 2.72. The minimum absolute atomic E-state index is 0.0552. The second kappa shape index (κ2) is 9.49. The second-order valence-corrected chi connectivity index (χ2v) is 5.86. The molecule has 0 aliphatic carbocycles. The number of hydrogen-bond acceptors (Lipinski definition) is 7. The maximum absolute atomic E-state index is 8.92. The lowest BCUT2D eigenvalue weighted by atomic mass is 10.1. The summed E-state index contributed by atoms with van der Waals surface area (Å²) in [5.41, 5.74) is 2.88. The fraction of sp³-hybridized carbons (Fsp3) is 0.250. The number of aliphatic hydroxyl groups excluding tert-OH is 1. The lowest BCUT2D eigenvalue weighted by molar-refractivity contribution is 0.311. The molecule has 3 N–H and O–H groups in total. The number of pyridine rings is 1. The quantitative estimate of drug-likeness (QED) is 0.537. The molecule has 0 amide bonds. The monoisotopic (exact) mass is 365 g/mol. The summed E-state index contributed by atoms with van der Waals surface area (Å²) in [4.78, 5) is 12.9. The summed E-state index contributed by atoms with van der Waals surface area (Å²) in [5.74, 6) is 2.35. The molecule has 140 valence electrons. The van der Waals surface area contributed by atoms with E-state index in [9.17, 15) is 0 Å². The molecule has 7 nitrogen and oxygen atoms in total. The van der Waals surface area contributed by atoms with E-state index in [2.05, 4.69) is 31.7 Å². The van der Waals surface area contributed by atoms with Crippen LogP contribution in [0.1, 0.15) is 5.56 Å². The van der Waals surface area contributed by atoms with Crippen molar-refractivity contribution in [2.75, 3.05) is 37.4 Å². The number of aliphatic hydroxyl groups is 1. The van der Waals surface area contributed by atoms with Gasteiger partial charge >= 0.3 is 0 Å². The van der Waals surface area contributed by atoms with Crippen LogP contribution < -0.4 is 15.4 Å². The Morgan fingerprint density at radius 2 is 1.78 bits per heavy atom. The number of aromatic nitrogens is 3. The van der Waals surface area contributed by atoms with Gasteiger partial charge in [-0.25, -0.2) is 15.0 Å². The predicted molar refractivity (Wildman–Crippen MR) is 106 cm³/mol. The molecule has 0 saturated carbocycles. The van der Waals surface area contributed by atoms with Crippen LogP contribution in [0.4, 0.5) is 11.6 Å². The van der Waals surface area contributed by atoms with E-state index in [-0.39, 0.29) is 6.61 Å². The third kappa shape index (κ3) is 5.15. The van der Waals surface area contributed by atoms with Gasteiger partial charge in [-0.3, -0.25) is 0 Å². The number of benzene rings is 1. The Morgan fingerprint density at radius 3 is 2.63 bits per heavy atom. The Balaban J connectivity index is 1.65. The van der Waals surface area contributed by atoms with Crippen LogP contribution in [0.15, 0.2) is 55.0 Å². The molecule has 0 fully saturated rings. The van der Waals surface area contributed by atoms with Gasteiger partial charge in [0.15, 0.2) is 0 Å². The molecule has 2 heterocycles. The van der Waals surface area contributed by atoms with Gasteiger partial charge in [-0.1, -0.05) is 18.2 Å². The SMILES string of the molecule is COc1ccccc1CCNc1cc(-c2ccnc(NCCO)c2)ncn1. The van der Waals surface area contributed by atoms with E-state index in [0.717, 1.165) is 41.4 Å². The van der Waals surface area contributed by atoms with Crippen molar-refractivity contribution >= 4 is 11.6 Å². The van der Waals surface area contributed by atoms with E-state index >= 15 is 0 Å². The second-order valence-electron chi connectivity index (χ2n) is 5.86. The summed E-state index contributed by atoms with van der Waals surface area (Å²) in [7, 11) is 1.68. The van der Waals surface area contributed by atoms with E-state index in [1.54, 1.807) is 19.6 Å². The first-order valence-corrected chi connectivity index (χ1v) is 8.79. The molecule has 3 rings (SSSR count). The Morgan fingerprint density at radius 1 is 0.963 bits per heavy atom. The maximum Gasteiger partial charge on any atom is 0.129 e. The van der Waals surface area contributed by atoms with Gasteiger partial charge in [0.05, 0.1) is 19.4 Å². The summed E-state index contributed by atoms with van der Waals surface area (Å²) in [6, 6.07) is 13.7. The highest BCUT2D eigenvalue weighted by Gasteiger charge is 2.05. The molecule has 0 atom stereocenters. The molecular formula is C20H23N5O2. The number of nitrogens with one attached hydrogen (secondary N) is 2. The van der Waals surface area contributed by atoms with Gasteiger partial charge in [0, 0.05) is 30.9 Å². The Labute approximate surface area is 158 Å². The van der Waals surface area contributed by atoms with Crippen molar-refractivity contribution in [2.24, 2.45) is 0 Å². The molecule has 1 aromatic carbocycles. The minimum Gasteiger partial charge on any atom is -0.496 e. The lowest BCUT2D eigenvalue weighted by Crippen LogP contribution is -2.08. The van der Waals surface area contributed by atoms with Crippen molar-refractivity contribution in [1.29, 1.82) is 0 Å². The summed E-state index contributed by atoms with van der Waals surface area (Å²) in [6.07, 6.45) is 4.09. The number of nitrogens with zero attached hydrogens (tertiary/aromatic N) is 3. The zero-order valence-electron chi connectivity index (χ0n) is 15.2. The van der Waals surface area contributed by atoms with E-state index in [0.29, 0.717) is 12.4 Å². The third-order valence-corrected chi connectivity index (χ3v) is 4.03. The van der Waals surface area contributed by atoms with Gasteiger partial charge in [0.25, 0.3) is 0 Å². The molecule has 0 unspecified atom stereocenters. The predicted octanol–water partition coefficient (Wildman–Crippen LogP) is 2.61. The van der Waals surface area contributed by atoms with Gasteiger partial charge in [-0.15, -0.1) is 0 Å². The van der Waals surface area contributed by atoms with Crippen LogP contribution in [-0.2, 0) is 6.42 Å². The topological polar surface area (TPSA) is 92.2 Å². The molecule has 2 aromatic heterocycles. The highest BCUT2D eigenvalue weighted by Crippen LogP contribution is 2.21. The molecule has 27 heavy (non-hydrogen) atoms. The summed E-state index contributed by atoms with van der Waals surface area (Å²) in [6.45, 7) is 1.24. The van der Waals surface area contributed by atoms with Gasteiger partial charge in [-0.2, -0.15) is 0 Å². The smallest absolute Gasteiger partial charge is 0.129 e. The van der Waals surface area contributed by atoms with Crippen LogP contribution in [0.3, 0.4) is 0 Å². The molecular weight excluding hydrogens is 342 g/mol. The first-order valence-electron chi connectivity index (χ1n) is 8.79. The third-order valence-electron chi connectivity index (χ3n) is 4.03. The highest BCUT2D eigenvalue weighted by molar-refractivity contribution is 5.65. The van der Waals surface area contributed by atoms with E-state index in [4.69, 9.17) is 9.84 Å². The van der Waals surface area contributed by atoms with Gasteiger partial charge in [0.2, 0.25) is 0 Å². The minimum atomic E-state index is 0.0552. The maximum atomic E-state index is 8.92.